The second-order valence-electron chi connectivity index (χ2n) is 2.87. The van der Waals surface area contributed by atoms with Crippen LogP contribution in [0.5, 0.6) is 0 Å². The molecule has 3 nitrogen and oxygen atoms in total. The molecule has 0 unspecified atom stereocenters. The third-order valence-electron chi connectivity index (χ3n) is 1.96. The molecule has 0 bridgehead atoms. The predicted molar refractivity (Wildman–Crippen MR) is 55.4 cm³/mol. The van der Waals surface area contributed by atoms with Gasteiger partial charge in [-0.1, -0.05) is 23.2 Å². The molecule has 1 aromatic heterocycles. The number of benzene rings is 1. The fourth-order valence-electron chi connectivity index (χ4n) is 1.36. The van der Waals surface area contributed by atoms with Crippen molar-refractivity contribution < 1.29 is 0 Å². The summed E-state index contributed by atoms with van der Waals surface area (Å²) in [6.07, 6.45) is 0. The number of halogens is 2. The Bertz CT molecular complexity index is 551. The third kappa shape index (κ3) is 1.24. The maximum Gasteiger partial charge on any atom is 0.146 e. The van der Waals surface area contributed by atoms with Gasteiger partial charge in [-0.05, 0) is 12.1 Å². The van der Waals surface area contributed by atoms with Gasteiger partial charge in [-0.25, -0.2) is 0 Å². The van der Waals surface area contributed by atoms with Gasteiger partial charge in [0.1, 0.15) is 17.3 Å². The van der Waals surface area contributed by atoms with E-state index < -0.39 is 0 Å². The molecule has 0 saturated heterocycles. The minimum Gasteiger partial charge on any atom is -0.257 e. The quantitative estimate of drug-likeness (QED) is 0.692. The van der Waals surface area contributed by atoms with Gasteiger partial charge < -0.3 is 0 Å². The van der Waals surface area contributed by atoms with E-state index in [1.165, 1.54) is 4.68 Å². The van der Waals surface area contributed by atoms with E-state index >= 15 is 0 Å². The second-order valence-corrected chi connectivity index (χ2v) is 3.71. The number of rotatable bonds is 0. The fraction of sp³-hybridized carbons (Fsp3) is 0.111. The SMILES string of the molecule is Cn1nc2c(Cl)cc(Cl)cc2c1C#N. The van der Waals surface area contributed by atoms with Crippen LogP contribution in [0.15, 0.2) is 12.1 Å². The van der Waals surface area contributed by atoms with Crippen LogP contribution in [0.3, 0.4) is 0 Å². The van der Waals surface area contributed by atoms with Crippen molar-refractivity contribution in [3.8, 4) is 6.07 Å². The summed E-state index contributed by atoms with van der Waals surface area (Å²) in [6, 6.07) is 5.36. The molecule has 2 rings (SSSR count). The Labute approximate surface area is 90.4 Å². The summed E-state index contributed by atoms with van der Waals surface area (Å²) >= 11 is 11.8. The van der Waals surface area contributed by atoms with E-state index in [9.17, 15) is 0 Å². The minimum atomic E-state index is 0.462. The first-order chi connectivity index (χ1) is 6.63. The molecule has 0 aliphatic heterocycles. The fourth-order valence-corrected chi connectivity index (χ4v) is 1.89. The minimum absolute atomic E-state index is 0.462. The maximum absolute atomic E-state index is 8.89. The Morgan fingerprint density at radius 1 is 1.43 bits per heavy atom. The Hall–Kier alpha value is -1.24. The molecular formula is C9H5Cl2N3. The summed E-state index contributed by atoms with van der Waals surface area (Å²) in [5.41, 5.74) is 1.07. The zero-order valence-corrected chi connectivity index (χ0v) is 8.76. The largest absolute Gasteiger partial charge is 0.257 e. The Balaban J connectivity index is 2.97. The van der Waals surface area contributed by atoms with E-state index in [1.54, 1.807) is 19.2 Å². The van der Waals surface area contributed by atoms with Crippen molar-refractivity contribution in [3.63, 3.8) is 0 Å². The molecule has 1 heterocycles. The van der Waals surface area contributed by atoms with Crippen molar-refractivity contribution in [2.75, 3.05) is 0 Å². The van der Waals surface area contributed by atoms with Crippen LogP contribution < -0.4 is 0 Å². The Morgan fingerprint density at radius 2 is 2.14 bits per heavy atom. The van der Waals surface area contributed by atoms with Crippen LogP contribution in [-0.4, -0.2) is 9.78 Å². The average Bonchev–Trinajstić information content (AvgIpc) is 2.41. The van der Waals surface area contributed by atoms with Crippen LogP contribution in [0.4, 0.5) is 0 Å². The summed E-state index contributed by atoms with van der Waals surface area (Å²) in [5.74, 6) is 0. The molecule has 0 N–H and O–H groups in total. The van der Waals surface area contributed by atoms with E-state index in [0.29, 0.717) is 26.6 Å². The van der Waals surface area contributed by atoms with Crippen LogP contribution in [0.25, 0.3) is 10.9 Å². The molecule has 0 aliphatic carbocycles. The van der Waals surface area contributed by atoms with Gasteiger partial charge >= 0.3 is 0 Å². The van der Waals surface area contributed by atoms with Crippen LogP contribution in [0.1, 0.15) is 5.69 Å². The first-order valence-electron chi connectivity index (χ1n) is 3.85. The number of aryl methyl sites for hydroxylation is 1. The maximum atomic E-state index is 8.89. The van der Waals surface area contributed by atoms with Crippen LogP contribution in [-0.2, 0) is 7.05 Å². The molecule has 5 heteroatoms. The van der Waals surface area contributed by atoms with Gasteiger partial charge in [0.05, 0.1) is 5.02 Å². The molecule has 0 atom stereocenters. The van der Waals surface area contributed by atoms with E-state index in [0.717, 1.165) is 0 Å². The van der Waals surface area contributed by atoms with Gasteiger partial charge in [-0.2, -0.15) is 10.4 Å². The van der Waals surface area contributed by atoms with Gasteiger partial charge in [0.2, 0.25) is 0 Å². The van der Waals surface area contributed by atoms with E-state index in [4.69, 9.17) is 28.5 Å². The van der Waals surface area contributed by atoms with Gasteiger partial charge in [0.25, 0.3) is 0 Å². The zero-order chi connectivity index (χ0) is 10.3. The van der Waals surface area contributed by atoms with Crippen molar-refractivity contribution in [2.45, 2.75) is 0 Å². The molecule has 2 aromatic rings. The number of hydrogen-bond acceptors (Lipinski definition) is 2. The lowest BCUT2D eigenvalue weighted by Crippen LogP contribution is -1.92. The van der Waals surface area contributed by atoms with Crippen LogP contribution in [0, 0.1) is 11.3 Å². The monoisotopic (exact) mass is 225 g/mol. The molecular weight excluding hydrogens is 221 g/mol. The number of aromatic nitrogens is 2. The number of hydrogen-bond donors (Lipinski definition) is 0. The van der Waals surface area contributed by atoms with Crippen LogP contribution >= 0.6 is 23.2 Å². The molecule has 70 valence electrons. The van der Waals surface area contributed by atoms with Crippen molar-refractivity contribution in [1.29, 1.82) is 5.26 Å². The lowest BCUT2D eigenvalue weighted by atomic mass is 10.2. The van der Waals surface area contributed by atoms with Crippen molar-refractivity contribution in [1.82, 2.24) is 9.78 Å². The smallest absolute Gasteiger partial charge is 0.146 e. The molecule has 0 aliphatic rings. The average molecular weight is 226 g/mol. The summed E-state index contributed by atoms with van der Waals surface area (Å²) in [6.45, 7) is 0. The van der Waals surface area contributed by atoms with Crippen molar-refractivity contribution >= 4 is 34.1 Å². The number of nitrogens with zero attached hydrogens (tertiary/aromatic N) is 3. The summed E-state index contributed by atoms with van der Waals surface area (Å²) in [4.78, 5) is 0. The van der Waals surface area contributed by atoms with E-state index in [-0.39, 0.29) is 0 Å². The van der Waals surface area contributed by atoms with Crippen molar-refractivity contribution in [3.05, 3.63) is 27.9 Å². The topological polar surface area (TPSA) is 41.6 Å². The molecule has 14 heavy (non-hydrogen) atoms. The second kappa shape index (κ2) is 3.16. The number of fused-ring (bicyclic) bond motifs is 1. The molecule has 0 spiro atoms. The summed E-state index contributed by atoms with van der Waals surface area (Å²) < 4.78 is 1.49. The molecule has 0 saturated carbocycles. The standard InChI is InChI=1S/C9H5Cl2N3/c1-14-8(4-12)6-2-5(10)3-7(11)9(6)13-14/h2-3H,1H3. The zero-order valence-electron chi connectivity index (χ0n) is 7.25. The lowest BCUT2D eigenvalue weighted by Gasteiger charge is -1.93. The highest BCUT2D eigenvalue weighted by molar-refractivity contribution is 6.38. The van der Waals surface area contributed by atoms with Crippen molar-refractivity contribution in [2.24, 2.45) is 7.05 Å². The van der Waals surface area contributed by atoms with Gasteiger partial charge in [-0.15, -0.1) is 0 Å². The van der Waals surface area contributed by atoms with Gasteiger partial charge in [-0.3, -0.25) is 4.68 Å². The van der Waals surface area contributed by atoms with Crippen LogP contribution in [0.2, 0.25) is 10.0 Å². The summed E-state index contributed by atoms with van der Waals surface area (Å²) in [7, 11) is 1.70. The Kier molecular flexibility index (Phi) is 2.10. The first kappa shape index (κ1) is 9.32. The molecule has 1 aromatic carbocycles. The highest BCUT2D eigenvalue weighted by Gasteiger charge is 2.11. The summed E-state index contributed by atoms with van der Waals surface area (Å²) in [5, 5.41) is 14.7. The highest BCUT2D eigenvalue weighted by atomic mass is 35.5. The van der Waals surface area contributed by atoms with Gasteiger partial charge in [0.15, 0.2) is 0 Å². The molecule has 0 radical (unpaired) electrons. The highest BCUT2D eigenvalue weighted by Crippen LogP contribution is 2.28. The van der Waals surface area contributed by atoms with E-state index in [1.807, 2.05) is 0 Å². The predicted octanol–water partition coefficient (Wildman–Crippen LogP) is 2.75. The normalized spacial score (nSPS) is 10.4. The molecule has 0 amide bonds. The number of nitriles is 1. The Morgan fingerprint density at radius 3 is 2.79 bits per heavy atom. The van der Waals surface area contributed by atoms with E-state index in [2.05, 4.69) is 11.2 Å². The first-order valence-corrected chi connectivity index (χ1v) is 4.61. The lowest BCUT2D eigenvalue weighted by molar-refractivity contribution is 0.767. The molecule has 0 fully saturated rings. The van der Waals surface area contributed by atoms with Gasteiger partial charge in [0, 0.05) is 17.5 Å². The third-order valence-corrected chi connectivity index (χ3v) is 2.47.